The summed E-state index contributed by atoms with van der Waals surface area (Å²) in [6.07, 6.45) is -6.25. The fraction of sp³-hybridized carbons (Fsp3) is 0.462. The SMILES string of the molecule is COc1cc(C(F)(F)C(O)(F)C(F)(F)F)cc(C)c1OCC(=O)O. The predicted octanol–water partition coefficient (Wildman–Crippen LogP) is 2.78. The third kappa shape index (κ3) is 3.50. The van der Waals surface area contributed by atoms with Crippen molar-refractivity contribution in [1.82, 2.24) is 0 Å². The van der Waals surface area contributed by atoms with Gasteiger partial charge in [0.1, 0.15) is 0 Å². The molecule has 24 heavy (non-hydrogen) atoms. The summed E-state index contributed by atoms with van der Waals surface area (Å²) in [5.41, 5.74) is -1.77. The number of benzene rings is 1. The molecule has 1 rings (SSSR count). The highest BCUT2D eigenvalue weighted by atomic mass is 19.4. The van der Waals surface area contributed by atoms with Crippen molar-refractivity contribution in [2.75, 3.05) is 13.7 Å². The van der Waals surface area contributed by atoms with Crippen molar-refractivity contribution in [2.24, 2.45) is 0 Å². The molecule has 1 unspecified atom stereocenters. The molecule has 0 spiro atoms. The number of aryl methyl sites for hydroxylation is 1. The number of rotatable bonds is 6. The van der Waals surface area contributed by atoms with Gasteiger partial charge in [0.05, 0.1) is 7.11 Å². The molecule has 5 nitrogen and oxygen atoms in total. The average molecular weight is 362 g/mol. The number of hydrogen-bond donors (Lipinski definition) is 2. The first-order valence-electron chi connectivity index (χ1n) is 6.15. The Morgan fingerprint density at radius 1 is 1.17 bits per heavy atom. The van der Waals surface area contributed by atoms with Crippen LogP contribution in [-0.2, 0) is 10.7 Å². The van der Waals surface area contributed by atoms with Gasteiger partial charge in [0.25, 0.3) is 0 Å². The standard InChI is InChI=1S/C13H12F6O5/c1-6-3-7(11(14,15)12(16,22)13(17,18)19)4-8(23-2)10(6)24-5-9(20)21/h3-4,22H,5H2,1-2H3,(H,20,21). The van der Waals surface area contributed by atoms with Gasteiger partial charge in [-0.05, 0) is 24.6 Å². The molecule has 0 aliphatic carbocycles. The van der Waals surface area contributed by atoms with Crippen molar-refractivity contribution in [3.05, 3.63) is 23.3 Å². The van der Waals surface area contributed by atoms with E-state index in [0.29, 0.717) is 12.1 Å². The highest BCUT2D eigenvalue weighted by Gasteiger charge is 2.71. The van der Waals surface area contributed by atoms with Gasteiger partial charge in [-0.15, -0.1) is 0 Å². The minimum Gasteiger partial charge on any atom is -0.493 e. The highest BCUT2D eigenvalue weighted by Crippen LogP contribution is 2.50. The molecular weight excluding hydrogens is 350 g/mol. The Hall–Kier alpha value is -2.17. The summed E-state index contributed by atoms with van der Waals surface area (Å²) in [7, 11) is 0.954. The number of aliphatic carboxylic acids is 1. The molecule has 0 saturated carbocycles. The van der Waals surface area contributed by atoms with Gasteiger partial charge in [0.15, 0.2) is 18.1 Å². The van der Waals surface area contributed by atoms with Crippen molar-refractivity contribution < 1.29 is 50.8 Å². The highest BCUT2D eigenvalue weighted by molar-refractivity contribution is 5.68. The monoisotopic (exact) mass is 362 g/mol. The summed E-state index contributed by atoms with van der Waals surface area (Å²) in [5.74, 6) is -13.4. The summed E-state index contributed by atoms with van der Waals surface area (Å²) < 4.78 is 87.5. The topological polar surface area (TPSA) is 76.0 Å². The molecule has 0 radical (unpaired) electrons. The van der Waals surface area contributed by atoms with Crippen LogP contribution in [-0.4, -0.2) is 41.9 Å². The van der Waals surface area contributed by atoms with Crippen molar-refractivity contribution in [2.45, 2.75) is 24.9 Å². The molecule has 1 aromatic rings. The van der Waals surface area contributed by atoms with E-state index in [0.717, 1.165) is 14.0 Å². The predicted molar refractivity (Wildman–Crippen MR) is 66.9 cm³/mol. The summed E-state index contributed by atoms with van der Waals surface area (Å²) in [6, 6.07) is 0.746. The Balaban J connectivity index is 3.41. The van der Waals surface area contributed by atoms with Crippen molar-refractivity contribution in [3.8, 4) is 11.5 Å². The van der Waals surface area contributed by atoms with E-state index in [-0.39, 0.29) is 11.3 Å². The largest absolute Gasteiger partial charge is 0.493 e. The minimum atomic E-state index is -6.25. The molecule has 1 aromatic carbocycles. The molecule has 0 aliphatic rings. The van der Waals surface area contributed by atoms with E-state index >= 15 is 0 Å². The van der Waals surface area contributed by atoms with Crippen LogP contribution in [0.3, 0.4) is 0 Å². The maximum atomic E-state index is 13.8. The van der Waals surface area contributed by atoms with Gasteiger partial charge in [-0.1, -0.05) is 0 Å². The number of halogens is 6. The number of methoxy groups -OCH3 is 1. The Labute approximate surface area is 131 Å². The van der Waals surface area contributed by atoms with Crippen LogP contribution in [0, 0.1) is 6.92 Å². The molecule has 1 atom stereocenters. The number of hydrogen-bond acceptors (Lipinski definition) is 4. The number of carboxylic acid groups (broad SMARTS) is 1. The van der Waals surface area contributed by atoms with Crippen LogP contribution in [0.25, 0.3) is 0 Å². The average Bonchev–Trinajstić information content (AvgIpc) is 2.43. The van der Waals surface area contributed by atoms with E-state index in [1.807, 2.05) is 0 Å². The van der Waals surface area contributed by atoms with Crippen LogP contribution >= 0.6 is 0 Å². The van der Waals surface area contributed by atoms with Gasteiger partial charge in [-0.3, -0.25) is 0 Å². The Morgan fingerprint density at radius 3 is 2.12 bits per heavy atom. The number of ether oxygens (including phenoxy) is 2. The number of aliphatic hydroxyl groups is 1. The Bertz CT molecular complexity index is 626. The van der Waals surface area contributed by atoms with Crippen molar-refractivity contribution in [1.29, 1.82) is 0 Å². The lowest BCUT2D eigenvalue weighted by molar-refractivity contribution is -0.390. The molecule has 11 heteroatoms. The lowest BCUT2D eigenvalue weighted by Gasteiger charge is -2.31. The molecule has 0 saturated heterocycles. The summed E-state index contributed by atoms with van der Waals surface area (Å²) in [5, 5.41) is 17.2. The quantitative estimate of drug-likeness (QED) is 0.761. The summed E-state index contributed by atoms with van der Waals surface area (Å²) in [4.78, 5) is 10.5. The van der Waals surface area contributed by atoms with E-state index < -0.39 is 41.8 Å². The number of carboxylic acids is 1. The smallest absolute Gasteiger partial charge is 0.455 e. The second-order valence-electron chi connectivity index (χ2n) is 4.70. The molecule has 0 aromatic heterocycles. The summed E-state index contributed by atoms with van der Waals surface area (Å²) >= 11 is 0. The third-order valence-corrected chi connectivity index (χ3v) is 2.95. The third-order valence-electron chi connectivity index (χ3n) is 2.95. The first-order valence-corrected chi connectivity index (χ1v) is 6.15. The number of alkyl halides is 6. The van der Waals surface area contributed by atoms with Crippen LogP contribution < -0.4 is 9.47 Å². The zero-order chi connectivity index (χ0) is 18.9. The van der Waals surface area contributed by atoms with E-state index in [9.17, 15) is 31.1 Å². The maximum absolute atomic E-state index is 13.8. The summed E-state index contributed by atoms with van der Waals surface area (Å²) in [6.45, 7) is 0.229. The van der Waals surface area contributed by atoms with E-state index in [1.54, 1.807) is 0 Å². The van der Waals surface area contributed by atoms with Gasteiger partial charge in [0, 0.05) is 5.56 Å². The minimum absolute atomic E-state index is 0.247. The van der Waals surface area contributed by atoms with Crippen LogP contribution in [0.1, 0.15) is 11.1 Å². The van der Waals surface area contributed by atoms with Gasteiger partial charge in [-0.2, -0.15) is 26.3 Å². The lowest BCUT2D eigenvalue weighted by Crippen LogP contribution is -2.53. The molecule has 0 bridgehead atoms. The van der Waals surface area contributed by atoms with Crippen LogP contribution in [0.2, 0.25) is 0 Å². The first kappa shape index (κ1) is 19.9. The van der Waals surface area contributed by atoms with Crippen LogP contribution in [0.15, 0.2) is 12.1 Å². The number of carbonyl (C=O) groups is 1. The van der Waals surface area contributed by atoms with Crippen molar-refractivity contribution in [3.63, 3.8) is 0 Å². The molecule has 0 heterocycles. The fourth-order valence-electron chi connectivity index (χ4n) is 1.76. The molecule has 0 fully saturated rings. The Kier molecular flexibility index (Phi) is 5.28. The normalized spacial score (nSPS) is 14.9. The van der Waals surface area contributed by atoms with Crippen molar-refractivity contribution >= 4 is 5.97 Å². The van der Waals surface area contributed by atoms with Crippen LogP contribution in [0.4, 0.5) is 26.3 Å². The second kappa shape index (κ2) is 6.38. The molecule has 2 N–H and O–H groups in total. The van der Waals surface area contributed by atoms with Gasteiger partial charge in [0.2, 0.25) is 0 Å². The zero-order valence-electron chi connectivity index (χ0n) is 12.2. The zero-order valence-corrected chi connectivity index (χ0v) is 12.2. The van der Waals surface area contributed by atoms with Crippen LogP contribution in [0.5, 0.6) is 11.5 Å². The Morgan fingerprint density at radius 2 is 1.71 bits per heavy atom. The van der Waals surface area contributed by atoms with Gasteiger partial charge < -0.3 is 19.7 Å². The van der Waals surface area contributed by atoms with Gasteiger partial charge >= 0.3 is 23.9 Å². The molecular formula is C13H12F6O5. The van der Waals surface area contributed by atoms with Gasteiger partial charge in [-0.25, -0.2) is 4.79 Å². The molecule has 0 aliphatic heterocycles. The second-order valence-corrected chi connectivity index (χ2v) is 4.70. The first-order chi connectivity index (χ1) is 10.8. The molecule has 136 valence electrons. The maximum Gasteiger partial charge on any atom is 0.455 e. The van der Waals surface area contributed by atoms with E-state index in [2.05, 4.69) is 4.74 Å². The van der Waals surface area contributed by atoms with E-state index in [4.69, 9.17) is 14.9 Å². The van der Waals surface area contributed by atoms with E-state index in [1.165, 1.54) is 0 Å². The molecule has 0 amide bonds. The lowest BCUT2D eigenvalue weighted by atomic mass is 9.98. The fourth-order valence-corrected chi connectivity index (χ4v) is 1.76.